The van der Waals surface area contributed by atoms with Crippen LogP contribution in [0.25, 0.3) is 0 Å². The highest BCUT2D eigenvalue weighted by Crippen LogP contribution is 2.23. The number of hydrogen-bond donors (Lipinski definition) is 2. The first-order valence-electron chi connectivity index (χ1n) is 5.61. The standard InChI is InChI=1S/C13H18N2O3/c1-13(2,3)15(8-11(16)17)10-6-4-9(5-7-10)12(14)18/h4-7H,8H2,1-3H3,(H2,14,18)(H,16,17). The van der Waals surface area contributed by atoms with Gasteiger partial charge in [0.2, 0.25) is 5.91 Å². The Morgan fingerprint density at radius 2 is 1.72 bits per heavy atom. The molecule has 1 amide bonds. The lowest BCUT2D eigenvalue weighted by atomic mass is 10.0. The van der Waals surface area contributed by atoms with Gasteiger partial charge in [0.25, 0.3) is 0 Å². The number of carbonyl (C=O) groups excluding carboxylic acids is 1. The second-order valence-corrected chi connectivity index (χ2v) is 5.06. The number of nitrogens with zero attached hydrogens (tertiary/aromatic N) is 1. The summed E-state index contributed by atoms with van der Waals surface area (Å²) in [5, 5.41) is 8.94. The molecule has 5 nitrogen and oxygen atoms in total. The Hall–Kier alpha value is -2.04. The molecule has 0 heterocycles. The minimum atomic E-state index is -0.899. The van der Waals surface area contributed by atoms with Crippen molar-refractivity contribution in [3.63, 3.8) is 0 Å². The fourth-order valence-electron chi connectivity index (χ4n) is 1.66. The molecule has 0 aliphatic heterocycles. The van der Waals surface area contributed by atoms with Crippen molar-refractivity contribution in [2.45, 2.75) is 26.3 Å². The Morgan fingerprint density at radius 1 is 1.22 bits per heavy atom. The topological polar surface area (TPSA) is 83.6 Å². The molecule has 0 fully saturated rings. The molecular weight excluding hydrogens is 232 g/mol. The Bertz CT molecular complexity index is 446. The second kappa shape index (κ2) is 5.08. The molecule has 18 heavy (non-hydrogen) atoms. The quantitative estimate of drug-likeness (QED) is 0.847. The average Bonchev–Trinajstić information content (AvgIpc) is 2.24. The molecule has 5 heteroatoms. The number of amides is 1. The Labute approximate surface area is 106 Å². The molecular formula is C13H18N2O3. The number of anilines is 1. The Morgan fingerprint density at radius 3 is 2.06 bits per heavy atom. The monoisotopic (exact) mass is 250 g/mol. The lowest BCUT2D eigenvalue weighted by molar-refractivity contribution is -0.135. The number of carboxylic acids is 1. The van der Waals surface area contributed by atoms with Crippen molar-refractivity contribution >= 4 is 17.6 Å². The van der Waals surface area contributed by atoms with E-state index in [-0.39, 0.29) is 12.1 Å². The minimum absolute atomic E-state index is 0.0978. The van der Waals surface area contributed by atoms with Crippen molar-refractivity contribution in [1.29, 1.82) is 0 Å². The van der Waals surface area contributed by atoms with Crippen LogP contribution in [-0.2, 0) is 4.79 Å². The summed E-state index contributed by atoms with van der Waals surface area (Å²) < 4.78 is 0. The number of nitrogens with two attached hydrogens (primary N) is 1. The van der Waals surface area contributed by atoms with Crippen molar-refractivity contribution in [3.8, 4) is 0 Å². The van der Waals surface area contributed by atoms with E-state index in [0.717, 1.165) is 5.69 Å². The van der Waals surface area contributed by atoms with Crippen LogP contribution >= 0.6 is 0 Å². The molecule has 0 saturated heterocycles. The van der Waals surface area contributed by atoms with E-state index in [1.54, 1.807) is 29.2 Å². The van der Waals surface area contributed by atoms with E-state index in [1.807, 2.05) is 20.8 Å². The summed E-state index contributed by atoms with van der Waals surface area (Å²) in [5.74, 6) is -1.40. The predicted octanol–water partition coefficient (Wildman–Crippen LogP) is 1.47. The Kier molecular flexibility index (Phi) is 3.96. The van der Waals surface area contributed by atoms with Gasteiger partial charge in [-0.05, 0) is 45.0 Å². The van der Waals surface area contributed by atoms with Crippen molar-refractivity contribution in [3.05, 3.63) is 29.8 Å². The molecule has 1 rings (SSSR count). The van der Waals surface area contributed by atoms with Gasteiger partial charge in [-0.1, -0.05) is 0 Å². The fourth-order valence-corrected chi connectivity index (χ4v) is 1.66. The zero-order valence-corrected chi connectivity index (χ0v) is 10.8. The first-order chi connectivity index (χ1) is 8.21. The van der Waals surface area contributed by atoms with E-state index < -0.39 is 11.9 Å². The van der Waals surface area contributed by atoms with E-state index >= 15 is 0 Å². The SMILES string of the molecule is CC(C)(C)N(CC(=O)O)c1ccc(C(N)=O)cc1. The van der Waals surface area contributed by atoms with Gasteiger partial charge in [0.15, 0.2) is 0 Å². The van der Waals surface area contributed by atoms with Gasteiger partial charge in [-0.15, -0.1) is 0 Å². The van der Waals surface area contributed by atoms with Gasteiger partial charge in [0.05, 0.1) is 0 Å². The van der Waals surface area contributed by atoms with Crippen LogP contribution in [0.1, 0.15) is 31.1 Å². The van der Waals surface area contributed by atoms with Gasteiger partial charge in [0.1, 0.15) is 6.54 Å². The molecule has 0 aromatic heterocycles. The number of hydrogen-bond acceptors (Lipinski definition) is 3. The third-order valence-corrected chi connectivity index (χ3v) is 2.57. The van der Waals surface area contributed by atoms with E-state index in [2.05, 4.69) is 0 Å². The van der Waals surface area contributed by atoms with Crippen molar-refractivity contribution in [1.82, 2.24) is 0 Å². The van der Waals surface area contributed by atoms with Crippen LogP contribution in [0.5, 0.6) is 0 Å². The molecule has 1 aromatic rings. The molecule has 0 atom stereocenters. The zero-order valence-electron chi connectivity index (χ0n) is 10.8. The summed E-state index contributed by atoms with van der Waals surface area (Å²) in [6, 6.07) is 6.60. The van der Waals surface area contributed by atoms with Crippen LogP contribution in [-0.4, -0.2) is 29.1 Å². The zero-order chi connectivity index (χ0) is 13.9. The first-order valence-corrected chi connectivity index (χ1v) is 5.61. The normalized spacial score (nSPS) is 11.1. The molecule has 0 spiro atoms. The molecule has 98 valence electrons. The average molecular weight is 250 g/mol. The van der Waals surface area contributed by atoms with E-state index in [9.17, 15) is 9.59 Å². The molecule has 0 aliphatic carbocycles. The summed E-state index contributed by atoms with van der Waals surface area (Å²) >= 11 is 0. The maximum absolute atomic E-state index is 11.0. The van der Waals surface area contributed by atoms with Gasteiger partial charge in [0, 0.05) is 16.8 Å². The first kappa shape index (κ1) is 14.0. The van der Waals surface area contributed by atoms with Crippen molar-refractivity contribution < 1.29 is 14.7 Å². The van der Waals surface area contributed by atoms with Crippen LogP contribution in [0.3, 0.4) is 0 Å². The van der Waals surface area contributed by atoms with Gasteiger partial charge >= 0.3 is 5.97 Å². The summed E-state index contributed by atoms with van der Waals surface area (Å²) in [7, 11) is 0. The smallest absolute Gasteiger partial charge is 0.323 e. The second-order valence-electron chi connectivity index (χ2n) is 5.06. The molecule has 0 radical (unpaired) electrons. The third-order valence-electron chi connectivity index (χ3n) is 2.57. The number of aliphatic carboxylic acids is 1. The largest absolute Gasteiger partial charge is 0.480 e. The van der Waals surface area contributed by atoms with E-state index in [0.29, 0.717) is 5.56 Å². The lowest BCUT2D eigenvalue weighted by Gasteiger charge is -2.36. The summed E-state index contributed by atoms with van der Waals surface area (Å²) in [4.78, 5) is 23.6. The summed E-state index contributed by atoms with van der Waals surface area (Å²) in [6.45, 7) is 5.69. The van der Waals surface area contributed by atoms with Crippen LogP contribution in [0.2, 0.25) is 0 Å². The summed E-state index contributed by atoms with van der Waals surface area (Å²) in [6.07, 6.45) is 0. The lowest BCUT2D eigenvalue weighted by Crippen LogP contribution is -2.44. The maximum Gasteiger partial charge on any atom is 0.323 e. The number of carbonyl (C=O) groups is 2. The molecule has 0 unspecified atom stereocenters. The molecule has 0 saturated carbocycles. The van der Waals surface area contributed by atoms with Crippen LogP contribution in [0.4, 0.5) is 5.69 Å². The number of primary amides is 1. The highest BCUT2D eigenvalue weighted by Gasteiger charge is 2.23. The van der Waals surface area contributed by atoms with Gasteiger partial charge in [-0.25, -0.2) is 0 Å². The number of benzene rings is 1. The van der Waals surface area contributed by atoms with Crippen LogP contribution in [0, 0.1) is 0 Å². The van der Waals surface area contributed by atoms with E-state index in [1.165, 1.54) is 0 Å². The van der Waals surface area contributed by atoms with Crippen LogP contribution in [0.15, 0.2) is 24.3 Å². The third kappa shape index (κ3) is 3.48. The maximum atomic E-state index is 11.0. The highest BCUT2D eigenvalue weighted by molar-refractivity contribution is 5.93. The van der Waals surface area contributed by atoms with Crippen LogP contribution < -0.4 is 10.6 Å². The Balaban J connectivity index is 3.06. The van der Waals surface area contributed by atoms with Crippen molar-refractivity contribution in [2.75, 3.05) is 11.4 Å². The molecule has 0 aliphatic rings. The molecule has 3 N–H and O–H groups in total. The van der Waals surface area contributed by atoms with E-state index in [4.69, 9.17) is 10.8 Å². The fraction of sp³-hybridized carbons (Fsp3) is 0.385. The van der Waals surface area contributed by atoms with Gasteiger partial charge in [-0.2, -0.15) is 0 Å². The van der Waals surface area contributed by atoms with Gasteiger partial charge < -0.3 is 15.7 Å². The predicted molar refractivity (Wildman–Crippen MR) is 69.7 cm³/mol. The van der Waals surface area contributed by atoms with Gasteiger partial charge in [-0.3, -0.25) is 9.59 Å². The number of carboxylic acid groups (broad SMARTS) is 1. The molecule has 1 aromatic carbocycles. The highest BCUT2D eigenvalue weighted by atomic mass is 16.4. The summed E-state index contributed by atoms with van der Waals surface area (Å²) in [5.41, 5.74) is 5.98. The minimum Gasteiger partial charge on any atom is -0.480 e. The van der Waals surface area contributed by atoms with Crippen molar-refractivity contribution in [2.24, 2.45) is 5.73 Å². The molecule has 0 bridgehead atoms. The number of rotatable bonds is 4.